The number of alkyl halides is 1. The van der Waals surface area contributed by atoms with Gasteiger partial charge in [0, 0.05) is 23.7 Å². The second kappa shape index (κ2) is 6.93. The van der Waals surface area contributed by atoms with E-state index in [-0.39, 0.29) is 0 Å². The number of aromatic nitrogens is 2. The molecule has 1 aliphatic carbocycles. The zero-order valence-electron chi connectivity index (χ0n) is 11.1. The van der Waals surface area contributed by atoms with E-state index < -0.39 is 0 Å². The monoisotopic (exact) mass is 267 g/mol. The molecule has 0 aromatic carbocycles. The molecule has 2 rings (SSSR count). The van der Waals surface area contributed by atoms with Gasteiger partial charge < -0.3 is 5.32 Å². The fourth-order valence-electron chi connectivity index (χ4n) is 2.41. The van der Waals surface area contributed by atoms with Crippen molar-refractivity contribution in [1.82, 2.24) is 9.97 Å². The van der Waals surface area contributed by atoms with Crippen LogP contribution in [-0.4, -0.2) is 22.4 Å². The number of anilines is 1. The van der Waals surface area contributed by atoms with Crippen molar-refractivity contribution in [3.05, 3.63) is 17.6 Å². The highest BCUT2D eigenvalue weighted by Gasteiger charge is 2.14. The normalized spacial score (nSPS) is 16.1. The lowest BCUT2D eigenvalue weighted by molar-refractivity contribution is 0.571. The van der Waals surface area contributed by atoms with Crippen LogP contribution in [0.5, 0.6) is 0 Å². The van der Waals surface area contributed by atoms with E-state index >= 15 is 0 Å². The predicted octanol–water partition coefficient (Wildman–Crippen LogP) is 3.42. The molecular formula is C14H22ClN3. The van der Waals surface area contributed by atoms with E-state index in [0.717, 1.165) is 37.5 Å². The van der Waals surface area contributed by atoms with Crippen molar-refractivity contribution in [3.8, 4) is 0 Å². The zero-order valence-corrected chi connectivity index (χ0v) is 11.8. The van der Waals surface area contributed by atoms with E-state index in [1.807, 2.05) is 0 Å². The highest BCUT2D eigenvalue weighted by Crippen LogP contribution is 2.24. The van der Waals surface area contributed by atoms with Crippen LogP contribution in [0, 0.1) is 5.92 Å². The average Bonchev–Trinajstić information content (AvgIpc) is 2.43. The summed E-state index contributed by atoms with van der Waals surface area (Å²) in [6.07, 6.45) is 8.76. The van der Waals surface area contributed by atoms with E-state index in [1.54, 1.807) is 6.33 Å². The Morgan fingerprint density at radius 3 is 3.00 bits per heavy atom. The highest BCUT2D eigenvalue weighted by atomic mass is 35.5. The molecule has 0 saturated carbocycles. The van der Waals surface area contributed by atoms with Gasteiger partial charge in [0.25, 0.3) is 0 Å². The van der Waals surface area contributed by atoms with Gasteiger partial charge in [-0.2, -0.15) is 0 Å². The Bertz CT molecular complexity index is 381. The third-order valence-electron chi connectivity index (χ3n) is 3.55. The van der Waals surface area contributed by atoms with Crippen molar-refractivity contribution in [2.24, 2.45) is 5.92 Å². The Kier molecular flexibility index (Phi) is 5.24. The molecule has 1 aliphatic rings. The minimum atomic E-state index is 0.604. The van der Waals surface area contributed by atoms with Gasteiger partial charge in [-0.05, 0) is 44.4 Å². The minimum Gasteiger partial charge on any atom is -0.370 e. The van der Waals surface area contributed by atoms with Crippen molar-refractivity contribution >= 4 is 17.4 Å². The molecule has 1 unspecified atom stereocenters. The van der Waals surface area contributed by atoms with Crippen molar-refractivity contribution in [2.45, 2.75) is 45.4 Å². The van der Waals surface area contributed by atoms with Crippen molar-refractivity contribution in [3.63, 3.8) is 0 Å². The average molecular weight is 268 g/mol. The third-order valence-corrected chi connectivity index (χ3v) is 4.08. The number of hydrogen-bond donors (Lipinski definition) is 1. The molecular weight excluding hydrogens is 246 g/mol. The molecule has 100 valence electrons. The first-order chi connectivity index (χ1) is 8.81. The smallest absolute Gasteiger partial charge is 0.132 e. The van der Waals surface area contributed by atoms with Crippen LogP contribution in [0.25, 0.3) is 0 Å². The molecule has 1 aromatic heterocycles. The van der Waals surface area contributed by atoms with Crippen LogP contribution in [0.1, 0.15) is 43.9 Å². The van der Waals surface area contributed by atoms with Crippen molar-refractivity contribution in [2.75, 3.05) is 17.7 Å². The molecule has 1 atom stereocenters. The van der Waals surface area contributed by atoms with E-state index in [0.29, 0.717) is 5.92 Å². The van der Waals surface area contributed by atoms with Gasteiger partial charge >= 0.3 is 0 Å². The first kappa shape index (κ1) is 13.6. The van der Waals surface area contributed by atoms with Crippen molar-refractivity contribution in [1.29, 1.82) is 0 Å². The highest BCUT2D eigenvalue weighted by molar-refractivity contribution is 6.18. The second-order valence-electron chi connectivity index (χ2n) is 5.18. The maximum absolute atomic E-state index is 5.80. The number of nitrogens with zero attached hydrogens (tertiary/aromatic N) is 2. The summed E-state index contributed by atoms with van der Waals surface area (Å²) < 4.78 is 0. The fraction of sp³-hybridized carbons (Fsp3) is 0.714. The molecule has 1 heterocycles. The molecule has 0 aliphatic heterocycles. The van der Waals surface area contributed by atoms with Crippen LogP contribution in [-0.2, 0) is 12.8 Å². The molecule has 1 aromatic rings. The summed E-state index contributed by atoms with van der Waals surface area (Å²) in [5.74, 6) is 2.41. The Hall–Kier alpha value is -0.830. The van der Waals surface area contributed by atoms with Gasteiger partial charge in [-0.1, -0.05) is 6.92 Å². The number of halogens is 1. The molecule has 4 heteroatoms. The van der Waals surface area contributed by atoms with Crippen molar-refractivity contribution < 1.29 is 0 Å². The maximum Gasteiger partial charge on any atom is 0.132 e. The van der Waals surface area contributed by atoms with Gasteiger partial charge in [-0.25, -0.2) is 9.97 Å². The standard InChI is InChI=1S/C14H22ClN3/c1-11(9-15)5-4-8-16-14-12-6-2-3-7-13(12)17-10-18-14/h10-11H,2-9H2,1H3,(H,16,17,18). The van der Waals surface area contributed by atoms with E-state index in [2.05, 4.69) is 22.2 Å². The van der Waals surface area contributed by atoms with Crippen LogP contribution in [0.4, 0.5) is 5.82 Å². The Labute approximate surface area is 114 Å². The number of fused-ring (bicyclic) bond motifs is 1. The van der Waals surface area contributed by atoms with Crippen LogP contribution >= 0.6 is 11.6 Å². The van der Waals surface area contributed by atoms with Gasteiger partial charge in [0.1, 0.15) is 12.1 Å². The summed E-state index contributed by atoms with van der Waals surface area (Å²) in [5.41, 5.74) is 2.59. The summed E-state index contributed by atoms with van der Waals surface area (Å²) in [6, 6.07) is 0. The molecule has 0 fully saturated rings. The number of hydrogen-bond acceptors (Lipinski definition) is 3. The quantitative estimate of drug-likeness (QED) is 0.634. The van der Waals surface area contributed by atoms with E-state index in [4.69, 9.17) is 11.6 Å². The second-order valence-corrected chi connectivity index (χ2v) is 5.49. The van der Waals surface area contributed by atoms with Gasteiger partial charge in [0.05, 0.1) is 0 Å². The van der Waals surface area contributed by atoms with Gasteiger partial charge in [0.15, 0.2) is 0 Å². The van der Waals surface area contributed by atoms with E-state index in [1.165, 1.54) is 30.5 Å². The SMILES string of the molecule is CC(CCl)CCCNc1ncnc2c1CCCC2. The zero-order chi connectivity index (χ0) is 12.8. The maximum atomic E-state index is 5.80. The summed E-state index contributed by atoms with van der Waals surface area (Å²) in [4.78, 5) is 8.76. The lowest BCUT2D eigenvalue weighted by Crippen LogP contribution is -2.13. The predicted molar refractivity (Wildman–Crippen MR) is 76.3 cm³/mol. The Balaban J connectivity index is 1.86. The Morgan fingerprint density at radius 1 is 1.33 bits per heavy atom. The first-order valence-corrected chi connectivity index (χ1v) is 7.47. The van der Waals surface area contributed by atoms with E-state index in [9.17, 15) is 0 Å². The molecule has 1 N–H and O–H groups in total. The molecule has 0 bridgehead atoms. The fourth-order valence-corrected chi connectivity index (χ4v) is 2.56. The molecule has 18 heavy (non-hydrogen) atoms. The lowest BCUT2D eigenvalue weighted by atomic mass is 9.96. The first-order valence-electron chi connectivity index (χ1n) is 6.94. The minimum absolute atomic E-state index is 0.604. The van der Waals surface area contributed by atoms with Gasteiger partial charge in [-0.15, -0.1) is 11.6 Å². The number of nitrogens with one attached hydrogen (secondary N) is 1. The largest absolute Gasteiger partial charge is 0.370 e. The molecule has 0 radical (unpaired) electrons. The van der Waals surface area contributed by atoms with Crippen LogP contribution in [0.15, 0.2) is 6.33 Å². The summed E-state index contributed by atoms with van der Waals surface area (Å²) in [5, 5.41) is 3.46. The molecule has 3 nitrogen and oxygen atoms in total. The topological polar surface area (TPSA) is 37.8 Å². The van der Waals surface area contributed by atoms with Crippen LogP contribution < -0.4 is 5.32 Å². The lowest BCUT2D eigenvalue weighted by Gasteiger charge is -2.18. The van der Waals surface area contributed by atoms with Gasteiger partial charge in [-0.3, -0.25) is 0 Å². The molecule has 0 spiro atoms. The van der Waals surface area contributed by atoms with Crippen LogP contribution in [0.2, 0.25) is 0 Å². The number of aryl methyl sites for hydroxylation is 1. The summed E-state index contributed by atoms with van der Waals surface area (Å²) in [7, 11) is 0. The number of rotatable bonds is 6. The molecule has 0 saturated heterocycles. The van der Waals surface area contributed by atoms with Crippen LogP contribution in [0.3, 0.4) is 0 Å². The van der Waals surface area contributed by atoms with Gasteiger partial charge in [0.2, 0.25) is 0 Å². The summed E-state index contributed by atoms with van der Waals surface area (Å²) in [6.45, 7) is 3.17. The Morgan fingerprint density at radius 2 is 2.17 bits per heavy atom. The third kappa shape index (κ3) is 3.58. The molecule has 0 amide bonds. The summed E-state index contributed by atoms with van der Waals surface area (Å²) >= 11 is 5.80.